The second-order valence-corrected chi connectivity index (χ2v) is 7.94. The summed E-state index contributed by atoms with van der Waals surface area (Å²) in [6.45, 7) is 3.53. The molecule has 0 radical (unpaired) electrons. The van der Waals surface area contributed by atoms with Crippen LogP contribution >= 0.6 is 11.8 Å². The van der Waals surface area contributed by atoms with Gasteiger partial charge in [0.15, 0.2) is 5.92 Å². The fourth-order valence-electron chi connectivity index (χ4n) is 3.51. The van der Waals surface area contributed by atoms with E-state index in [1.54, 1.807) is 13.3 Å². The van der Waals surface area contributed by atoms with E-state index in [2.05, 4.69) is 4.99 Å². The van der Waals surface area contributed by atoms with Crippen LogP contribution in [0.4, 0.5) is 4.79 Å². The second kappa shape index (κ2) is 7.73. The standard InChI is InChI=1S/C18H25N4O3S/c1-12-10-19-16-14(17(24)21(3)18(25)20(16)2)15(12)26-11-13(23)22-8-6-4-5-7-9-22/h10,14H,4-9,11H2,1-3H3/q+1. The van der Waals surface area contributed by atoms with Gasteiger partial charge in [0, 0.05) is 18.0 Å². The zero-order chi connectivity index (χ0) is 18.8. The quantitative estimate of drug-likeness (QED) is 0.702. The number of amidine groups is 1. The largest absolute Gasteiger partial charge is 0.445 e. The van der Waals surface area contributed by atoms with Gasteiger partial charge in [-0.05, 0) is 25.3 Å². The lowest BCUT2D eigenvalue weighted by atomic mass is 9.99. The van der Waals surface area contributed by atoms with Gasteiger partial charge in [0.25, 0.3) is 5.84 Å². The number of likely N-dealkylation sites (tertiary alicyclic amines) is 1. The van der Waals surface area contributed by atoms with Crippen LogP contribution in [0.5, 0.6) is 0 Å². The van der Waals surface area contributed by atoms with E-state index in [0.717, 1.165) is 41.3 Å². The molecular formula is C18H25N4O3S+. The van der Waals surface area contributed by atoms with Crippen molar-refractivity contribution in [2.75, 3.05) is 32.9 Å². The number of imide groups is 1. The van der Waals surface area contributed by atoms with Gasteiger partial charge in [-0.1, -0.05) is 12.8 Å². The number of carbonyl (C=O) groups excluding carboxylic acids is 3. The second-order valence-electron chi connectivity index (χ2n) is 6.92. The first-order chi connectivity index (χ1) is 12.4. The first kappa shape index (κ1) is 18.8. The summed E-state index contributed by atoms with van der Waals surface area (Å²) < 4.78 is 1.41. The van der Waals surface area contributed by atoms with Gasteiger partial charge in [0.2, 0.25) is 5.91 Å². The van der Waals surface area contributed by atoms with Gasteiger partial charge >= 0.3 is 11.9 Å². The summed E-state index contributed by atoms with van der Waals surface area (Å²) in [5, 5.41) is 0. The number of fused-ring (bicyclic) bond motifs is 1. The first-order valence-corrected chi connectivity index (χ1v) is 9.98. The molecule has 7 nitrogen and oxygen atoms in total. The molecule has 0 saturated carbocycles. The van der Waals surface area contributed by atoms with Crippen molar-refractivity contribution in [1.29, 1.82) is 0 Å². The number of urea groups is 1. The lowest BCUT2D eigenvalue weighted by molar-refractivity contribution is -0.407. The normalized spacial score (nSPS) is 24.2. The van der Waals surface area contributed by atoms with Gasteiger partial charge in [0.05, 0.1) is 19.8 Å². The third-order valence-corrected chi connectivity index (χ3v) is 6.36. The topological polar surface area (TPSA) is 73.1 Å². The summed E-state index contributed by atoms with van der Waals surface area (Å²) in [6, 6.07) is -0.386. The minimum Gasteiger partial charge on any atom is -0.342 e. The maximum absolute atomic E-state index is 12.7. The number of thioether (sulfide) groups is 1. The van der Waals surface area contributed by atoms with Gasteiger partial charge in [-0.2, -0.15) is 9.48 Å². The molecule has 8 heteroatoms. The van der Waals surface area contributed by atoms with E-state index in [-0.39, 0.29) is 17.8 Å². The van der Waals surface area contributed by atoms with Crippen LogP contribution in [0.2, 0.25) is 0 Å². The number of aliphatic imine (C=N–C) groups is 1. The number of hydrogen-bond donors (Lipinski definition) is 0. The minimum atomic E-state index is -0.602. The van der Waals surface area contributed by atoms with Gasteiger partial charge in [-0.3, -0.25) is 9.59 Å². The molecule has 0 spiro atoms. The van der Waals surface area contributed by atoms with Crippen LogP contribution in [0.25, 0.3) is 0 Å². The highest BCUT2D eigenvalue weighted by molar-refractivity contribution is 8.03. The minimum absolute atomic E-state index is 0.113. The molecule has 3 rings (SSSR count). The number of amides is 4. The number of dihydropyridines is 1. The van der Waals surface area contributed by atoms with Crippen LogP contribution in [-0.2, 0) is 9.59 Å². The Kier molecular flexibility index (Phi) is 5.60. The molecule has 1 fully saturated rings. The molecule has 3 aliphatic heterocycles. The highest BCUT2D eigenvalue weighted by Crippen LogP contribution is 2.34. The highest BCUT2D eigenvalue weighted by Gasteiger charge is 2.48. The molecule has 140 valence electrons. The molecule has 1 unspecified atom stereocenters. The Balaban J connectivity index is 1.78. The van der Waals surface area contributed by atoms with Crippen molar-refractivity contribution in [2.24, 2.45) is 10.9 Å². The molecule has 4 amide bonds. The molecule has 0 aliphatic carbocycles. The number of rotatable bonds is 3. The average Bonchev–Trinajstić information content (AvgIpc) is 2.92. The number of allylic oxidation sites excluding steroid dienone is 1. The Morgan fingerprint density at radius 3 is 2.58 bits per heavy atom. The first-order valence-electron chi connectivity index (χ1n) is 8.99. The van der Waals surface area contributed by atoms with E-state index in [1.807, 2.05) is 11.8 Å². The van der Waals surface area contributed by atoms with Crippen LogP contribution in [0, 0.1) is 5.92 Å². The zero-order valence-corrected chi connectivity index (χ0v) is 16.3. The fraction of sp³-hybridized carbons (Fsp3) is 0.611. The zero-order valence-electron chi connectivity index (χ0n) is 15.5. The van der Waals surface area contributed by atoms with E-state index in [9.17, 15) is 14.4 Å². The molecule has 3 heterocycles. The van der Waals surface area contributed by atoms with Crippen molar-refractivity contribution in [3.05, 3.63) is 10.5 Å². The van der Waals surface area contributed by atoms with Crippen LogP contribution in [-0.4, -0.2) is 77.2 Å². The third kappa shape index (κ3) is 3.47. The van der Waals surface area contributed by atoms with Crippen LogP contribution in [0.15, 0.2) is 15.5 Å². The van der Waals surface area contributed by atoms with E-state index in [1.165, 1.54) is 36.2 Å². The maximum Gasteiger partial charge on any atom is 0.445 e. The Morgan fingerprint density at radius 2 is 1.92 bits per heavy atom. The smallest absolute Gasteiger partial charge is 0.342 e. The van der Waals surface area contributed by atoms with Crippen molar-refractivity contribution < 1.29 is 19.0 Å². The number of nitrogens with zero attached hydrogens (tertiary/aromatic N) is 4. The molecule has 0 aromatic heterocycles. The summed E-state index contributed by atoms with van der Waals surface area (Å²) in [4.78, 5) is 45.6. The van der Waals surface area contributed by atoms with Gasteiger partial charge in [0.1, 0.15) is 6.21 Å². The van der Waals surface area contributed by atoms with Crippen LogP contribution in [0.3, 0.4) is 0 Å². The maximum atomic E-state index is 12.7. The summed E-state index contributed by atoms with van der Waals surface area (Å²) in [7, 11) is 3.10. The molecule has 3 aliphatic rings. The van der Waals surface area contributed by atoms with Crippen molar-refractivity contribution in [1.82, 2.24) is 9.80 Å². The van der Waals surface area contributed by atoms with Crippen LogP contribution in [0.1, 0.15) is 32.6 Å². The summed E-state index contributed by atoms with van der Waals surface area (Å²) in [6.07, 6.45) is 6.15. The van der Waals surface area contributed by atoms with E-state index < -0.39 is 5.92 Å². The van der Waals surface area contributed by atoms with Gasteiger partial charge in [-0.25, -0.2) is 4.79 Å². The van der Waals surface area contributed by atoms with Gasteiger partial charge in [-0.15, -0.1) is 16.8 Å². The number of hydrogen-bond acceptors (Lipinski definition) is 5. The van der Waals surface area contributed by atoms with Crippen molar-refractivity contribution in [2.45, 2.75) is 32.6 Å². The Bertz CT molecular complexity index is 733. The lowest BCUT2D eigenvalue weighted by Crippen LogP contribution is -2.52. The van der Waals surface area contributed by atoms with E-state index in [0.29, 0.717) is 11.6 Å². The van der Waals surface area contributed by atoms with Crippen molar-refractivity contribution >= 4 is 41.7 Å². The SMILES string of the molecule is CC1=C(SCC(=O)N2CCCCCC2)C2C(=O)N(C)C(=O)[N+](C)=C2N=C1. The summed E-state index contributed by atoms with van der Waals surface area (Å²) >= 11 is 1.40. The molecule has 26 heavy (non-hydrogen) atoms. The molecule has 0 aromatic carbocycles. The molecule has 0 N–H and O–H groups in total. The predicted molar refractivity (Wildman–Crippen MR) is 102 cm³/mol. The molecule has 1 atom stereocenters. The molecular weight excluding hydrogens is 352 g/mol. The monoisotopic (exact) mass is 377 g/mol. The Labute approximate surface area is 157 Å². The highest BCUT2D eigenvalue weighted by atomic mass is 32.2. The third-order valence-electron chi connectivity index (χ3n) is 5.10. The van der Waals surface area contributed by atoms with Crippen LogP contribution < -0.4 is 0 Å². The summed E-state index contributed by atoms with van der Waals surface area (Å²) in [5.74, 6) is -0.0340. The fourth-order valence-corrected chi connectivity index (χ4v) is 4.62. The van der Waals surface area contributed by atoms with E-state index in [4.69, 9.17) is 0 Å². The molecule has 1 saturated heterocycles. The predicted octanol–water partition coefficient (Wildman–Crippen LogP) is 1.73. The average molecular weight is 377 g/mol. The molecule has 0 bridgehead atoms. The van der Waals surface area contributed by atoms with E-state index >= 15 is 0 Å². The summed E-state index contributed by atoms with van der Waals surface area (Å²) in [5.41, 5.74) is 0.872. The van der Waals surface area contributed by atoms with Crippen molar-refractivity contribution in [3.8, 4) is 0 Å². The lowest BCUT2D eigenvalue weighted by Gasteiger charge is -2.28. The Hall–Kier alpha value is -1.96. The van der Waals surface area contributed by atoms with Crippen molar-refractivity contribution in [3.63, 3.8) is 0 Å². The molecule has 0 aromatic rings. The number of carbonyl (C=O) groups is 3. The Morgan fingerprint density at radius 1 is 1.27 bits per heavy atom. The van der Waals surface area contributed by atoms with Gasteiger partial charge < -0.3 is 4.90 Å².